The van der Waals surface area contributed by atoms with Crippen molar-refractivity contribution < 1.29 is 14.3 Å². The third kappa shape index (κ3) is 15.3. The summed E-state index contributed by atoms with van der Waals surface area (Å²) in [4.78, 5) is 41.3. The Kier molecular flexibility index (Phi) is 21.1. The molecule has 11 rings (SSSR count). The smallest absolute Gasteiger partial charge is 0.321 e. The van der Waals surface area contributed by atoms with E-state index in [1.807, 2.05) is 119 Å². The van der Waals surface area contributed by atoms with E-state index in [0.29, 0.717) is 36.0 Å². The summed E-state index contributed by atoms with van der Waals surface area (Å²) in [5.41, 5.74) is 10.9. The molecule has 11 heteroatoms. The van der Waals surface area contributed by atoms with Gasteiger partial charge in [0.1, 0.15) is 0 Å². The number of amides is 4. The van der Waals surface area contributed by atoms with Gasteiger partial charge in [-0.2, -0.15) is 0 Å². The first-order valence-corrected chi connectivity index (χ1v) is 29.8. The fourth-order valence-electron chi connectivity index (χ4n) is 12.6. The largest absolute Gasteiger partial charge is 0.379 e. The average molecular weight is 1100 g/mol. The van der Waals surface area contributed by atoms with E-state index in [0.717, 1.165) is 151 Å². The monoisotopic (exact) mass is 1100 g/mol. The SMILES string of the molecule is C.CCN(CC)C[C@@H]1[C@H](c2ccc(C#Cc3ccccc3)cc2)[C@@H]2CN(C(=O)Nc3ccc(C)cc3)CCCCN12.Cc1ccc(NC(=O)N2CCCCN3[C@@H](CN4CCOCC4)[C@H](c4ccc(C#Cc5ccccc5)cc4)[C@@H]3C2)cc1. The van der Waals surface area contributed by atoms with Gasteiger partial charge >= 0.3 is 12.1 Å². The molecule has 0 bridgehead atoms. The molecule has 0 spiro atoms. The van der Waals surface area contributed by atoms with E-state index in [9.17, 15) is 9.59 Å². The molecule has 11 nitrogen and oxygen atoms in total. The zero-order chi connectivity index (χ0) is 55.9. The van der Waals surface area contributed by atoms with Gasteiger partial charge in [0.25, 0.3) is 0 Å². The van der Waals surface area contributed by atoms with E-state index in [1.54, 1.807) is 0 Å². The highest BCUT2D eigenvalue weighted by Crippen LogP contribution is 2.44. The molecule has 5 saturated heterocycles. The Morgan fingerprint density at radius 1 is 0.500 bits per heavy atom. The zero-order valence-electron chi connectivity index (χ0n) is 48.1. The quantitative estimate of drug-likeness (QED) is 0.132. The van der Waals surface area contributed by atoms with E-state index in [2.05, 4.69) is 130 Å². The van der Waals surface area contributed by atoms with Crippen LogP contribution in [0, 0.1) is 37.5 Å². The molecule has 0 saturated carbocycles. The van der Waals surface area contributed by atoms with Gasteiger partial charge in [-0.05, 0) is 150 Å². The Hall–Kier alpha value is -7.22. The lowest BCUT2D eigenvalue weighted by molar-refractivity contribution is -0.0619. The fourth-order valence-corrected chi connectivity index (χ4v) is 12.6. The minimum Gasteiger partial charge on any atom is -0.379 e. The predicted molar refractivity (Wildman–Crippen MR) is 336 cm³/mol. The van der Waals surface area contributed by atoms with Gasteiger partial charge < -0.3 is 30.1 Å². The number of morpholine rings is 1. The Morgan fingerprint density at radius 3 is 1.32 bits per heavy atom. The van der Waals surface area contributed by atoms with E-state index in [4.69, 9.17) is 4.74 Å². The van der Waals surface area contributed by atoms with E-state index < -0.39 is 0 Å². The number of fused-ring (bicyclic) bond motifs is 2. The highest BCUT2D eigenvalue weighted by Gasteiger charge is 2.51. The number of anilines is 2. The Morgan fingerprint density at radius 2 is 0.890 bits per heavy atom. The van der Waals surface area contributed by atoms with Gasteiger partial charge in [-0.1, -0.05) is 141 Å². The average Bonchev–Trinajstić information content (AvgIpc) is 2.12. The van der Waals surface area contributed by atoms with Gasteiger partial charge in [-0.25, -0.2) is 9.59 Å². The molecule has 2 N–H and O–H groups in total. The van der Waals surface area contributed by atoms with Gasteiger partial charge in [-0.3, -0.25) is 14.7 Å². The van der Waals surface area contributed by atoms with Crippen molar-refractivity contribution >= 4 is 23.4 Å². The lowest BCUT2D eigenvalue weighted by Gasteiger charge is -2.58. The summed E-state index contributed by atoms with van der Waals surface area (Å²) in [5.74, 6) is 13.9. The third-order valence-electron chi connectivity index (χ3n) is 17.3. The molecule has 6 atom stereocenters. The molecule has 5 fully saturated rings. The number of hydrogen-bond acceptors (Lipinski definition) is 7. The van der Waals surface area contributed by atoms with E-state index in [1.165, 1.54) is 22.3 Å². The summed E-state index contributed by atoms with van der Waals surface area (Å²) in [6.07, 6.45) is 4.27. The summed E-state index contributed by atoms with van der Waals surface area (Å²) in [5, 5.41) is 6.29. The van der Waals surface area contributed by atoms with Crippen molar-refractivity contribution in [1.82, 2.24) is 29.4 Å². The Balaban J connectivity index is 0.000000195. The van der Waals surface area contributed by atoms with Crippen LogP contribution in [0.15, 0.2) is 158 Å². The second kappa shape index (κ2) is 29.2. The Labute approximate surface area is 490 Å². The van der Waals surface area contributed by atoms with E-state index in [-0.39, 0.29) is 19.5 Å². The maximum atomic E-state index is 13.4. The van der Waals surface area contributed by atoms with Crippen LogP contribution in [0.1, 0.15) is 103 Å². The van der Waals surface area contributed by atoms with Crippen molar-refractivity contribution in [3.63, 3.8) is 0 Å². The number of carbonyl (C=O) groups excluding carboxylic acids is 2. The van der Waals surface area contributed by atoms with Gasteiger partial charge in [0.05, 0.1) is 13.2 Å². The van der Waals surface area contributed by atoms with Crippen LogP contribution >= 0.6 is 0 Å². The first-order valence-electron chi connectivity index (χ1n) is 29.8. The number of carbonyl (C=O) groups is 2. The van der Waals surface area contributed by atoms with Gasteiger partial charge in [0.2, 0.25) is 0 Å². The molecule has 5 heterocycles. The zero-order valence-corrected chi connectivity index (χ0v) is 48.1. The molecule has 0 unspecified atom stereocenters. The van der Waals surface area contributed by atoms with Crippen molar-refractivity contribution in [1.29, 1.82) is 0 Å². The van der Waals surface area contributed by atoms with Crippen LogP contribution in [0.25, 0.3) is 0 Å². The second-order valence-electron chi connectivity index (χ2n) is 22.6. The van der Waals surface area contributed by atoms with Gasteiger partial charge in [-0.15, -0.1) is 0 Å². The maximum Gasteiger partial charge on any atom is 0.321 e. The normalized spacial score (nSPS) is 21.8. The van der Waals surface area contributed by atoms with Crippen molar-refractivity contribution in [3.8, 4) is 23.7 Å². The van der Waals surface area contributed by atoms with Crippen molar-refractivity contribution in [2.45, 2.75) is 96.8 Å². The number of nitrogens with one attached hydrogen (secondary N) is 2. The topological polar surface area (TPSA) is 86.9 Å². The fraction of sp³-hybridized carbons (Fsp3) is 0.408. The summed E-state index contributed by atoms with van der Waals surface area (Å²) in [7, 11) is 0. The number of nitrogens with zero attached hydrogens (tertiary/aromatic N) is 6. The molecular weight excluding hydrogens is 1010 g/mol. The van der Waals surface area contributed by atoms with Crippen molar-refractivity contribution in [2.24, 2.45) is 0 Å². The number of rotatable bonds is 10. The minimum absolute atomic E-state index is 0. The van der Waals surface area contributed by atoms with E-state index >= 15 is 0 Å². The van der Waals surface area contributed by atoms with Crippen LogP contribution < -0.4 is 10.6 Å². The lowest BCUT2D eigenvalue weighted by Crippen LogP contribution is -2.69. The molecule has 5 aliphatic heterocycles. The third-order valence-corrected chi connectivity index (χ3v) is 17.3. The molecule has 0 radical (unpaired) electrons. The number of benzene rings is 6. The highest BCUT2D eigenvalue weighted by molar-refractivity contribution is 5.90. The Bertz CT molecular complexity index is 3090. The van der Waals surface area contributed by atoms with Crippen LogP contribution in [0.2, 0.25) is 0 Å². The van der Waals surface area contributed by atoms with Crippen LogP contribution in [-0.2, 0) is 4.74 Å². The molecule has 0 aliphatic carbocycles. The maximum absolute atomic E-state index is 13.4. The summed E-state index contributed by atoms with van der Waals surface area (Å²) >= 11 is 0. The lowest BCUT2D eigenvalue weighted by atomic mass is 9.73. The summed E-state index contributed by atoms with van der Waals surface area (Å²) < 4.78 is 5.63. The summed E-state index contributed by atoms with van der Waals surface area (Å²) in [6, 6.07) is 55.5. The molecule has 428 valence electrons. The van der Waals surface area contributed by atoms with Crippen molar-refractivity contribution in [2.75, 3.05) is 102 Å². The highest BCUT2D eigenvalue weighted by atomic mass is 16.5. The molecule has 0 aromatic heterocycles. The predicted octanol–water partition coefficient (Wildman–Crippen LogP) is 12.0. The summed E-state index contributed by atoms with van der Waals surface area (Å²) in [6.45, 7) is 21.7. The molecule has 4 amide bonds. The molecular formula is C71H86N8O3. The van der Waals surface area contributed by atoms with Gasteiger partial charge in [0.15, 0.2) is 0 Å². The first kappa shape index (κ1) is 59.4. The van der Waals surface area contributed by atoms with Gasteiger partial charge in [0, 0.05) is 122 Å². The molecule has 6 aromatic rings. The number of likely N-dealkylation sites (N-methyl/N-ethyl adjacent to an activating group) is 1. The van der Waals surface area contributed by atoms with Crippen LogP contribution in [0.4, 0.5) is 21.0 Å². The van der Waals surface area contributed by atoms with Crippen LogP contribution in [0.3, 0.4) is 0 Å². The van der Waals surface area contributed by atoms with Crippen LogP contribution in [0.5, 0.6) is 0 Å². The second-order valence-corrected chi connectivity index (χ2v) is 22.6. The number of hydrogen-bond donors (Lipinski definition) is 2. The van der Waals surface area contributed by atoms with Crippen molar-refractivity contribution in [3.05, 3.63) is 202 Å². The number of ether oxygens (including phenoxy) is 1. The number of urea groups is 2. The molecule has 82 heavy (non-hydrogen) atoms. The molecule has 5 aliphatic rings. The number of aryl methyl sites for hydroxylation is 2. The first-order chi connectivity index (χ1) is 39.7. The molecule has 6 aromatic carbocycles. The standard InChI is InChI=1S/C35H40N4O2.C35H42N4O.CH4/c1-27-9-17-31(18-10-27)36-35(40)38-19-5-6-20-39-32(25-37-21-23-41-24-22-37)34(33(39)26-38)30-15-13-29(14-16-30)12-11-28-7-3-2-4-8-28;1-4-37(5-2)25-32-34(30-19-17-29(18-20-30)16-15-28-11-7-6-8-12-28)33-26-38(23-9-10-24-39(32)33)35(40)36-31-21-13-27(3)14-22-31;/h2-4,7-10,13-18,32-34H,5-6,19-26H2,1H3,(H,36,40);6-8,11-14,17-22,32-34H,4-5,9-10,23-26H2,1-3H3,(H,36,40);1H4/t32-,33-,34-;32-,33+,34+;/m01./s1. The minimum atomic E-state index is -0.00221. The van der Waals surface area contributed by atoms with Crippen LogP contribution in [-0.4, -0.2) is 157 Å².